The number of aryl methyl sites for hydroxylation is 1. The number of benzene rings is 12. The molecule has 0 saturated heterocycles. The number of para-hydroxylation sites is 2. The van der Waals surface area contributed by atoms with Crippen molar-refractivity contribution in [2.45, 2.75) is 97.8 Å². The number of unbranched alkanes of at least 4 members (excludes halogenated alkanes) is 4. The van der Waals surface area contributed by atoms with Gasteiger partial charge in [-0.05, 0) is 157 Å². The summed E-state index contributed by atoms with van der Waals surface area (Å²) < 4.78 is 2.51. The first-order chi connectivity index (χ1) is 44.4. The molecular formula is C87H78BN3. The fraction of sp³-hybridized carbons (Fsp3) is 0.172. The molecule has 13 aromatic rings. The third kappa shape index (κ3) is 10.4. The largest absolute Gasteiger partial charge is 0.310 e. The van der Waals surface area contributed by atoms with Gasteiger partial charge in [0.15, 0.2) is 0 Å². The SMILES string of the molecule is CCCCCCCc1cc2c3c(c1)N(c1c(-c4ccccc4)cc(C(C)(C)C)cc1-c1ccccc1)c1cc(-n4c5ccccc5c5ccccc54)ccc1B3c1cc(-c3ccccc3)ccc1N2c1c(-c2ccccc2)cc(C(C)(C)C)cc1-c1ccccc1. The van der Waals surface area contributed by atoms with Gasteiger partial charge in [0.05, 0.1) is 22.4 Å². The van der Waals surface area contributed by atoms with Crippen LogP contribution >= 0.6 is 0 Å². The van der Waals surface area contributed by atoms with E-state index in [0.717, 1.165) is 18.5 Å². The molecular weight excluding hydrogens is 1100 g/mol. The summed E-state index contributed by atoms with van der Waals surface area (Å²) in [6.07, 6.45) is 6.91. The highest BCUT2D eigenvalue weighted by atomic mass is 15.2. The van der Waals surface area contributed by atoms with Crippen molar-refractivity contribution in [2.24, 2.45) is 0 Å². The lowest BCUT2D eigenvalue weighted by molar-refractivity contribution is 0.590. The van der Waals surface area contributed by atoms with E-state index in [1.54, 1.807) is 0 Å². The van der Waals surface area contributed by atoms with Crippen LogP contribution in [0.1, 0.15) is 97.3 Å². The van der Waals surface area contributed by atoms with Crippen molar-refractivity contribution in [3.63, 3.8) is 0 Å². The number of aromatic nitrogens is 1. The summed E-state index contributed by atoms with van der Waals surface area (Å²) in [7, 11) is 0. The van der Waals surface area contributed by atoms with Crippen molar-refractivity contribution in [2.75, 3.05) is 9.80 Å². The van der Waals surface area contributed by atoms with Crippen molar-refractivity contribution >= 4 is 79.0 Å². The van der Waals surface area contributed by atoms with Gasteiger partial charge in [-0.3, -0.25) is 0 Å². The molecule has 0 bridgehead atoms. The zero-order chi connectivity index (χ0) is 62.0. The van der Waals surface area contributed by atoms with E-state index in [1.165, 1.54) is 170 Å². The fourth-order valence-electron chi connectivity index (χ4n) is 14.7. The first-order valence-electron chi connectivity index (χ1n) is 33.1. The van der Waals surface area contributed by atoms with E-state index < -0.39 is 0 Å². The summed E-state index contributed by atoms with van der Waals surface area (Å²) in [6, 6.07) is 104. The number of fused-ring (bicyclic) bond motifs is 7. The minimum absolute atomic E-state index is 0.143. The summed E-state index contributed by atoms with van der Waals surface area (Å²) in [5.74, 6) is 0. The Morgan fingerprint density at radius 1 is 0.330 bits per heavy atom. The second-order valence-electron chi connectivity index (χ2n) is 27.4. The molecule has 2 aliphatic rings. The Balaban J connectivity index is 1.13. The van der Waals surface area contributed by atoms with Gasteiger partial charge in [0, 0.05) is 61.5 Å². The smallest absolute Gasteiger partial charge is 0.252 e. The van der Waals surface area contributed by atoms with Gasteiger partial charge in [-0.15, -0.1) is 0 Å². The monoisotopic (exact) mass is 1180 g/mol. The van der Waals surface area contributed by atoms with Gasteiger partial charge in [0.2, 0.25) is 0 Å². The van der Waals surface area contributed by atoms with Gasteiger partial charge in [-0.1, -0.05) is 280 Å². The van der Waals surface area contributed by atoms with Crippen LogP contribution in [0.4, 0.5) is 34.1 Å². The predicted molar refractivity (Wildman–Crippen MR) is 392 cm³/mol. The van der Waals surface area contributed by atoms with E-state index >= 15 is 0 Å². The molecule has 15 rings (SSSR count). The van der Waals surface area contributed by atoms with Crippen molar-refractivity contribution in [1.82, 2.24) is 4.57 Å². The standard InChI is InChI=1S/C87H78BN3/c1-8-9-10-11-17-32-59-51-81-83-82(52-59)91(85-73(63-39-24-15-25-40-63)56-67(87(5,6)7)57-74(85)64-41-26-16-27-42-64)80-58-68(89-77-45-30-28-43-69(77)70-44-29-31-46-78(70)89)48-49-75(80)88(83)76-53-65(60-33-18-12-19-34-60)47-50-79(76)90(81)84-71(61-35-20-13-21-36-61)54-66(86(2,3)4)55-72(84)62-37-22-14-23-38-62/h12-16,18-31,33-58H,8-11,17,32H2,1-7H3. The van der Waals surface area contributed by atoms with Crippen LogP contribution in [0.2, 0.25) is 0 Å². The molecule has 2 aliphatic heterocycles. The van der Waals surface area contributed by atoms with Crippen molar-refractivity contribution in [1.29, 1.82) is 0 Å². The molecule has 3 nitrogen and oxygen atoms in total. The number of hydrogen-bond donors (Lipinski definition) is 0. The quantitative estimate of drug-likeness (QED) is 0.0794. The fourth-order valence-corrected chi connectivity index (χ4v) is 14.7. The average Bonchev–Trinajstić information content (AvgIpc) is 0.945. The Bertz CT molecular complexity index is 4670. The van der Waals surface area contributed by atoms with Crippen molar-refractivity contribution in [3.8, 4) is 61.3 Å². The zero-order valence-corrected chi connectivity index (χ0v) is 53.6. The highest BCUT2D eigenvalue weighted by molar-refractivity contribution is 7.00. The van der Waals surface area contributed by atoms with Crippen LogP contribution in [-0.4, -0.2) is 11.3 Å². The summed E-state index contributed by atoms with van der Waals surface area (Å²) >= 11 is 0. The van der Waals surface area contributed by atoms with E-state index in [-0.39, 0.29) is 17.5 Å². The third-order valence-corrected chi connectivity index (χ3v) is 19.4. The molecule has 0 amide bonds. The summed E-state index contributed by atoms with van der Waals surface area (Å²) in [5, 5.41) is 2.49. The lowest BCUT2D eigenvalue weighted by Gasteiger charge is -2.46. The number of rotatable bonds is 14. The average molecular weight is 1180 g/mol. The van der Waals surface area contributed by atoms with Crippen molar-refractivity contribution < 1.29 is 0 Å². The van der Waals surface area contributed by atoms with Crippen LogP contribution in [0, 0.1) is 0 Å². The van der Waals surface area contributed by atoms with Gasteiger partial charge in [0.1, 0.15) is 0 Å². The third-order valence-electron chi connectivity index (χ3n) is 19.4. The summed E-state index contributed by atoms with van der Waals surface area (Å²) in [5.41, 5.74) is 30.1. The van der Waals surface area contributed by atoms with Crippen LogP contribution in [-0.2, 0) is 17.3 Å². The number of hydrogen-bond acceptors (Lipinski definition) is 2. The maximum Gasteiger partial charge on any atom is 0.252 e. The molecule has 4 heteroatoms. The highest BCUT2D eigenvalue weighted by Gasteiger charge is 2.46. The second kappa shape index (κ2) is 23.5. The Kier molecular flexibility index (Phi) is 14.8. The maximum atomic E-state index is 2.75. The van der Waals surface area contributed by atoms with E-state index in [1.807, 2.05) is 0 Å². The number of anilines is 6. The molecule has 91 heavy (non-hydrogen) atoms. The molecule has 0 atom stereocenters. The highest BCUT2D eigenvalue weighted by Crippen LogP contribution is 2.55. The molecule has 1 aromatic heterocycles. The van der Waals surface area contributed by atoms with E-state index in [4.69, 9.17) is 0 Å². The van der Waals surface area contributed by atoms with E-state index in [2.05, 4.69) is 336 Å². The molecule has 3 heterocycles. The van der Waals surface area contributed by atoms with Crippen LogP contribution < -0.4 is 26.2 Å². The Morgan fingerprint density at radius 3 is 1.20 bits per heavy atom. The molecule has 0 spiro atoms. The Morgan fingerprint density at radius 2 is 0.747 bits per heavy atom. The lowest BCUT2D eigenvalue weighted by Crippen LogP contribution is -2.61. The lowest BCUT2D eigenvalue weighted by atomic mass is 9.33. The number of nitrogens with zero attached hydrogens (tertiary/aromatic N) is 3. The topological polar surface area (TPSA) is 11.4 Å². The minimum Gasteiger partial charge on any atom is -0.310 e. The summed E-state index contributed by atoms with van der Waals surface area (Å²) in [6.45, 7) is 16.3. The van der Waals surface area contributed by atoms with Gasteiger partial charge in [-0.2, -0.15) is 0 Å². The molecule has 0 N–H and O–H groups in total. The Labute approximate surface area is 539 Å². The Hall–Kier alpha value is -9.90. The van der Waals surface area contributed by atoms with Gasteiger partial charge in [0.25, 0.3) is 6.71 Å². The first kappa shape index (κ1) is 57.5. The van der Waals surface area contributed by atoms with Gasteiger partial charge >= 0.3 is 0 Å². The molecule has 0 aliphatic carbocycles. The first-order valence-corrected chi connectivity index (χ1v) is 33.1. The van der Waals surface area contributed by atoms with Crippen LogP contribution in [0.25, 0.3) is 83.1 Å². The second-order valence-corrected chi connectivity index (χ2v) is 27.4. The van der Waals surface area contributed by atoms with Gasteiger partial charge < -0.3 is 14.4 Å². The van der Waals surface area contributed by atoms with E-state index in [9.17, 15) is 0 Å². The van der Waals surface area contributed by atoms with Crippen LogP contribution in [0.3, 0.4) is 0 Å². The van der Waals surface area contributed by atoms with E-state index in [0.29, 0.717) is 0 Å². The van der Waals surface area contributed by atoms with Crippen LogP contribution in [0.15, 0.2) is 273 Å². The molecule has 0 fully saturated rings. The van der Waals surface area contributed by atoms with Gasteiger partial charge in [-0.25, -0.2) is 0 Å². The van der Waals surface area contributed by atoms with Crippen molar-refractivity contribution in [3.05, 3.63) is 290 Å². The normalized spacial score (nSPS) is 12.8. The molecule has 0 radical (unpaired) electrons. The summed E-state index contributed by atoms with van der Waals surface area (Å²) in [4.78, 5) is 5.48. The molecule has 12 aromatic carbocycles. The molecule has 0 saturated carbocycles. The zero-order valence-electron chi connectivity index (χ0n) is 53.6. The predicted octanol–water partition coefficient (Wildman–Crippen LogP) is 22.3. The van der Waals surface area contributed by atoms with Crippen LogP contribution in [0.5, 0.6) is 0 Å². The molecule has 0 unspecified atom stereocenters. The maximum absolute atomic E-state index is 2.75. The minimum atomic E-state index is -0.166. The molecule has 444 valence electrons.